The van der Waals surface area contributed by atoms with E-state index < -0.39 is 35.0 Å². The molecule has 2 rings (SSSR count). The molecule has 0 aliphatic carbocycles. The van der Waals surface area contributed by atoms with Crippen LogP contribution in [0.3, 0.4) is 0 Å². The van der Waals surface area contributed by atoms with Crippen LogP contribution in [-0.2, 0) is 15.8 Å². The van der Waals surface area contributed by atoms with Gasteiger partial charge in [-0.25, -0.2) is 0 Å². The summed E-state index contributed by atoms with van der Waals surface area (Å²) in [7, 11) is 0. The van der Waals surface area contributed by atoms with E-state index in [-0.39, 0.29) is 5.69 Å². The Hall–Kier alpha value is -2.54. The second kappa shape index (κ2) is 7.78. The van der Waals surface area contributed by atoms with Crippen molar-refractivity contribution in [3.63, 3.8) is 0 Å². The molecule has 2 amide bonds. The second-order valence-corrected chi connectivity index (χ2v) is 6.12. The SMILES string of the molecule is Cc1cccc(NC(=O)CC(=O)Nc2ccc(Cl)c(C(F)(F)F)c2)c1C. The van der Waals surface area contributed by atoms with E-state index in [4.69, 9.17) is 11.6 Å². The molecule has 0 fully saturated rings. The second-order valence-electron chi connectivity index (χ2n) is 5.71. The van der Waals surface area contributed by atoms with Crippen molar-refractivity contribution in [3.8, 4) is 0 Å². The minimum absolute atomic E-state index is 0.0914. The largest absolute Gasteiger partial charge is 0.417 e. The van der Waals surface area contributed by atoms with Gasteiger partial charge in [0.05, 0.1) is 10.6 Å². The lowest BCUT2D eigenvalue weighted by Gasteiger charge is -2.12. The van der Waals surface area contributed by atoms with Gasteiger partial charge in [0, 0.05) is 11.4 Å². The number of anilines is 2. The van der Waals surface area contributed by atoms with Gasteiger partial charge in [-0.3, -0.25) is 9.59 Å². The van der Waals surface area contributed by atoms with Gasteiger partial charge in [-0.15, -0.1) is 0 Å². The number of hydrogen-bond acceptors (Lipinski definition) is 2. The molecule has 26 heavy (non-hydrogen) atoms. The fraction of sp³-hybridized carbons (Fsp3) is 0.222. The van der Waals surface area contributed by atoms with Crippen LogP contribution in [-0.4, -0.2) is 11.8 Å². The van der Waals surface area contributed by atoms with Gasteiger partial charge in [0.25, 0.3) is 0 Å². The smallest absolute Gasteiger partial charge is 0.326 e. The van der Waals surface area contributed by atoms with Crippen LogP contribution in [0.5, 0.6) is 0 Å². The number of amides is 2. The molecule has 0 bridgehead atoms. The van der Waals surface area contributed by atoms with Gasteiger partial charge in [0.2, 0.25) is 11.8 Å². The van der Waals surface area contributed by atoms with E-state index in [0.717, 1.165) is 23.3 Å². The zero-order valence-electron chi connectivity index (χ0n) is 14.0. The van der Waals surface area contributed by atoms with Crippen molar-refractivity contribution in [3.05, 3.63) is 58.1 Å². The number of benzene rings is 2. The van der Waals surface area contributed by atoms with Gasteiger partial charge < -0.3 is 10.6 Å². The van der Waals surface area contributed by atoms with Crippen LogP contribution < -0.4 is 10.6 Å². The molecule has 2 aromatic rings. The summed E-state index contributed by atoms with van der Waals surface area (Å²) < 4.78 is 38.5. The Kier molecular flexibility index (Phi) is 5.92. The van der Waals surface area contributed by atoms with Gasteiger partial charge in [-0.05, 0) is 49.2 Å². The molecule has 8 heteroatoms. The van der Waals surface area contributed by atoms with Gasteiger partial charge >= 0.3 is 6.18 Å². The van der Waals surface area contributed by atoms with Gasteiger partial charge in [-0.1, -0.05) is 23.7 Å². The van der Waals surface area contributed by atoms with Crippen molar-refractivity contribution in [1.29, 1.82) is 0 Å². The van der Waals surface area contributed by atoms with Crippen molar-refractivity contribution in [2.45, 2.75) is 26.4 Å². The number of hydrogen-bond donors (Lipinski definition) is 2. The predicted octanol–water partition coefficient (Wildman–Crippen LogP) is 4.94. The molecule has 2 N–H and O–H groups in total. The van der Waals surface area contributed by atoms with E-state index in [2.05, 4.69) is 10.6 Å². The quantitative estimate of drug-likeness (QED) is 0.733. The molecule has 0 atom stereocenters. The summed E-state index contributed by atoms with van der Waals surface area (Å²) in [6.07, 6.45) is -5.17. The van der Waals surface area contributed by atoms with Crippen molar-refractivity contribution in [2.75, 3.05) is 10.6 Å². The Morgan fingerprint density at radius 2 is 1.69 bits per heavy atom. The van der Waals surface area contributed by atoms with E-state index in [9.17, 15) is 22.8 Å². The summed E-state index contributed by atoms with van der Waals surface area (Å²) in [4.78, 5) is 23.9. The minimum atomic E-state index is -4.64. The molecule has 0 heterocycles. The lowest BCUT2D eigenvalue weighted by molar-refractivity contribution is -0.137. The third kappa shape index (κ3) is 4.98. The molecule has 0 saturated heterocycles. The van der Waals surface area contributed by atoms with Crippen LogP contribution in [0.1, 0.15) is 23.1 Å². The maximum atomic E-state index is 12.8. The van der Waals surface area contributed by atoms with Crippen molar-refractivity contribution >= 4 is 34.8 Å². The number of nitrogens with one attached hydrogen (secondary N) is 2. The number of carbonyl (C=O) groups excluding carboxylic acids is 2. The maximum absolute atomic E-state index is 12.8. The van der Waals surface area contributed by atoms with Crippen LogP contribution in [0.2, 0.25) is 5.02 Å². The first-order valence-electron chi connectivity index (χ1n) is 7.60. The van der Waals surface area contributed by atoms with E-state index in [0.29, 0.717) is 5.69 Å². The standard InChI is InChI=1S/C18H16ClF3N2O2/c1-10-4-3-5-15(11(10)2)24-17(26)9-16(25)23-12-6-7-14(19)13(8-12)18(20,21)22/h3-8H,9H2,1-2H3,(H,23,25)(H,24,26). The van der Waals surface area contributed by atoms with Crippen LogP contribution >= 0.6 is 11.6 Å². The van der Waals surface area contributed by atoms with Crippen molar-refractivity contribution < 1.29 is 22.8 Å². The van der Waals surface area contributed by atoms with Crippen LogP contribution in [0.25, 0.3) is 0 Å². The first kappa shape index (κ1) is 19.8. The van der Waals surface area contributed by atoms with Gasteiger partial charge in [0.15, 0.2) is 0 Å². The number of aryl methyl sites for hydroxylation is 1. The molecule has 0 saturated carbocycles. The van der Waals surface area contributed by atoms with E-state index in [1.54, 1.807) is 12.1 Å². The summed E-state index contributed by atoms with van der Waals surface area (Å²) in [5, 5.41) is 4.41. The first-order chi connectivity index (χ1) is 12.1. The van der Waals surface area contributed by atoms with Crippen molar-refractivity contribution in [1.82, 2.24) is 0 Å². The zero-order valence-corrected chi connectivity index (χ0v) is 14.8. The minimum Gasteiger partial charge on any atom is -0.326 e. The highest BCUT2D eigenvalue weighted by atomic mass is 35.5. The van der Waals surface area contributed by atoms with Crippen LogP contribution in [0, 0.1) is 13.8 Å². The monoisotopic (exact) mass is 384 g/mol. The Morgan fingerprint density at radius 1 is 1.04 bits per heavy atom. The Bertz CT molecular complexity index is 851. The molecule has 0 spiro atoms. The lowest BCUT2D eigenvalue weighted by Crippen LogP contribution is -2.22. The van der Waals surface area contributed by atoms with Gasteiger partial charge in [-0.2, -0.15) is 13.2 Å². The van der Waals surface area contributed by atoms with E-state index >= 15 is 0 Å². The van der Waals surface area contributed by atoms with Crippen LogP contribution in [0.15, 0.2) is 36.4 Å². The Balaban J connectivity index is 2.02. The highest BCUT2D eigenvalue weighted by Crippen LogP contribution is 2.36. The average molecular weight is 385 g/mol. The normalized spacial score (nSPS) is 11.2. The summed E-state index contributed by atoms with van der Waals surface area (Å²) >= 11 is 5.52. The molecular formula is C18H16ClF3N2O2. The summed E-state index contributed by atoms with van der Waals surface area (Å²) in [6.45, 7) is 3.72. The third-order valence-corrected chi connectivity index (χ3v) is 4.08. The molecule has 4 nitrogen and oxygen atoms in total. The van der Waals surface area contributed by atoms with E-state index in [1.807, 2.05) is 19.9 Å². The number of halogens is 4. The summed E-state index contributed by atoms with van der Waals surface area (Å²) in [5.74, 6) is -1.30. The fourth-order valence-electron chi connectivity index (χ4n) is 2.25. The number of rotatable bonds is 4. The fourth-order valence-corrected chi connectivity index (χ4v) is 2.48. The highest BCUT2D eigenvalue weighted by molar-refractivity contribution is 6.31. The molecule has 0 aliphatic rings. The number of alkyl halides is 3. The predicted molar refractivity (Wildman–Crippen MR) is 94.2 cm³/mol. The van der Waals surface area contributed by atoms with Gasteiger partial charge in [0.1, 0.15) is 6.42 Å². The summed E-state index contributed by atoms with van der Waals surface area (Å²) in [6, 6.07) is 8.35. The first-order valence-corrected chi connectivity index (χ1v) is 7.98. The molecule has 0 aromatic heterocycles. The molecule has 0 aliphatic heterocycles. The third-order valence-electron chi connectivity index (χ3n) is 3.76. The molecule has 0 unspecified atom stereocenters. The number of carbonyl (C=O) groups is 2. The molecule has 0 radical (unpaired) electrons. The average Bonchev–Trinajstić information content (AvgIpc) is 2.52. The maximum Gasteiger partial charge on any atom is 0.417 e. The Labute approximate surface area is 153 Å². The Morgan fingerprint density at radius 3 is 2.35 bits per heavy atom. The highest BCUT2D eigenvalue weighted by Gasteiger charge is 2.33. The lowest BCUT2D eigenvalue weighted by atomic mass is 10.1. The van der Waals surface area contributed by atoms with Crippen LogP contribution in [0.4, 0.5) is 24.5 Å². The van der Waals surface area contributed by atoms with E-state index in [1.165, 1.54) is 6.07 Å². The van der Waals surface area contributed by atoms with Crippen molar-refractivity contribution in [2.24, 2.45) is 0 Å². The molecular weight excluding hydrogens is 369 g/mol. The molecule has 138 valence electrons. The topological polar surface area (TPSA) is 58.2 Å². The zero-order chi connectivity index (χ0) is 19.5. The molecule has 2 aromatic carbocycles. The summed E-state index contributed by atoms with van der Waals surface area (Å²) in [5.41, 5.74) is 1.28.